The van der Waals surface area contributed by atoms with E-state index >= 15 is 0 Å². The normalized spacial score (nSPS) is 13.0. The number of methoxy groups -OCH3 is 1. The smallest absolute Gasteiger partial charge is 0.305 e. The lowest BCUT2D eigenvalue weighted by molar-refractivity contribution is -0.140. The molecule has 0 unspecified atom stereocenters. The van der Waals surface area contributed by atoms with E-state index in [4.69, 9.17) is 5.73 Å². The molecule has 2 aromatic carbocycles. The number of esters is 1. The van der Waals surface area contributed by atoms with Crippen LogP contribution in [-0.4, -0.2) is 85.0 Å². The fraction of sp³-hybridized carbons (Fsp3) is 0.528. The summed E-state index contributed by atoms with van der Waals surface area (Å²) in [5.74, 6) is -1.50. The van der Waals surface area contributed by atoms with Gasteiger partial charge in [0.1, 0.15) is 17.8 Å². The van der Waals surface area contributed by atoms with Crippen molar-refractivity contribution in [3.8, 4) is 5.75 Å². The number of amides is 4. The molecule has 270 valence electrons. The number of nitrogens with one attached hydrogen (secondary N) is 4. The van der Waals surface area contributed by atoms with Crippen molar-refractivity contribution in [2.24, 2.45) is 5.73 Å². The predicted molar refractivity (Wildman–Crippen MR) is 192 cm³/mol. The number of nitrogens with two attached hydrogens (primary N) is 1. The first-order valence-corrected chi connectivity index (χ1v) is 18.0. The molecule has 7 N–H and O–H groups in total. The van der Waals surface area contributed by atoms with E-state index in [0.29, 0.717) is 38.0 Å². The van der Waals surface area contributed by atoms with Gasteiger partial charge in [-0.15, -0.1) is 0 Å². The molecule has 0 bridgehead atoms. The lowest BCUT2D eigenvalue weighted by Crippen LogP contribution is -2.54. The second-order valence-corrected chi connectivity index (χ2v) is 13.9. The molecular weight excluding hydrogens is 646 g/mol. The Hall–Kier alpha value is -4.10. The van der Waals surface area contributed by atoms with Gasteiger partial charge in [0.15, 0.2) is 0 Å². The standard InChI is InChI=1S/C36H53N5O7S/c1-36(2,3)26-20-25(15-16-30(26)42)21-27(37)33(45)41-28(17-19-49-5)34(46)39-23-31(43)40-29(22-24-12-8-6-9-13-24)35(47)38-18-11-7-10-14-32(44)48-4/h6,8-9,12-13,15-16,20,27-29,42H,7,10-11,14,17-19,21-23,37H2,1-5H3,(H,38,47)(H,39,46)(H,40,43)(H,41,45)/t27-,28+,29-/m0/s1. The van der Waals surface area contributed by atoms with Crippen molar-refractivity contribution in [2.45, 2.75) is 89.3 Å². The fourth-order valence-electron chi connectivity index (χ4n) is 5.04. The molecule has 4 amide bonds. The first-order valence-electron chi connectivity index (χ1n) is 16.6. The molecule has 0 saturated carbocycles. The Morgan fingerprint density at radius 3 is 2.20 bits per heavy atom. The van der Waals surface area contributed by atoms with Crippen LogP contribution in [0.5, 0.6) is 5.75 Å². The van der Waals surface area contributed by atoms with Crippen molar-refractivity contribution in [1.29, 1.82) is 0 Å². The first-order chi connectivity index (χ1) is 23.2. The zero-order valence-electron chi connectivity index (χ0n) is 29.3. The molecule has 49 heavy (non-hydrogen) atoms. The van der Waals surface area contributed by atoms with E-state index in [2.05, 4.69) is 26.0 Å². The van der Waals surface area contributed by atoms with E-state index in [0.717, 1.165) is 23.1 Å². The van der Waals surface area contributed by atoms with Gasteiger partial charge >= 0.3 is 5.97 Å². The number of rotatable bonds is 20. The maximum Gasteiger partial charge on any atom is 0.305 e. The van der Waals surface area contributed by atoms with Crippen LogP contribution in [0.25, 0.3) is 0 Å². The SMILES string of the molecule is COC(=O)CCCCCNC(=O)[C@H](Cc1ccccc1)NC(=O)CNC(=O)[C@@H](CCSC)NC(=O)[C@@H](N)Cc1ccc(O)c(C(C)(C)C)c1. The van der Waals surface area contributed by atoms with Crippen LogP contribution >= 0.6 is 11.8 Å². The molecular formula is C36H53N5O7S. The Labute approximate surface area is 294 Å². The van der Waals surface area contributed by atoms with Crippen LogP contribution in [0.2, 0.25) is 0 Å². The highest BCUT2D eigenvalue weighted by Crippen LogP contribution is 2.31. The molecule has 0 heterocycles. The molecule has 0 spiro atoms. The number of phenolic OH excluding ortho intramolecular Hbond substituents is 1. The molecule has 12 nitrogen and oxygen atoms in total. The summed E-state index contributed by atoms with van der Waals surface area (Å²) in [6.45, 7) is 5.91. The summed E-state index contributed by atoms with van der Waals surface area (Å²) in [5, 5.41) is 21.2. The van der Waals surface area contributed by atoms with Gasteiger partial charge in [-0.05, 0) is 65.9 Å². The average Bonchev–Trinajstić information content (AvgIpc) is 3.07. The summed E-state index contributed by atoms with van der Waals surface area (Å²) in [7, 11) is 1.34. The zero-order chi connectivity index (χ0) is 36.4. The van der Waals surface area contributed by atoms with E-state index in [1.54, 1.807) is 12.1 Å². The average molecular weight is 700 g/mol. The van der Waals surface area contributed by atoms with E-state index in [-0.39, 0.29) is 35.9 Å². The molecule has 0 saturated heterocycles. The Bertz CT molecular complexity index is 1380. The van der Waals surface area contributed by atoms with Gasteiger partial charge in [0, 0.05) is 19.4 Å². The minimum absolute atomic E-state index is 0.170. The second-order valence-electron chi connectivity index (χ2n) is 13.0. The largest absolute Gasteiger partial charge is 0.508 e. The summed E-state index contributed by atoms with van der Waals surface area (Å²) in [6.07, 6.45) is 5.00. The highest BCUT2D eigenvalue weighted by molar-refractivity contribution is 7.98. The topological polar surface area (TPSA) is 189 Å². The minimum Gasteiger partial charge on any atom is -0.508 e. The molecule has 0 aliphatic heterocycles. The Kier molecular flexibility index (Phi) is 17.7. The fourth-order valence-corrected chi connectivity index (χ4v) is 5.52. The van der Waals surface area contributed by atoms with Crippen LogP contribution in [0.3, 0.4) is 0 Å². The van der Waals surface area contributed by atoms with Crippen molar-refractivity contribution in [2.75, 3.05) is 32.2 Å². The lowest BCUT2D eigenvalue weighted by Gasteiger charge is -2.23. The maximum atomic E-state index is 13.2. The van der Waals surface area contributed by atoms with Gasteiger partial charge in [-0.3, -0.25) is 24.0 Å². The highest BCUT2D eigenvalue weighted by atomic mass is 32.2. The van der Waals surface area contributed by atoms with Crippen LogP contribution in [0.15, 0.2) is 48.5 Å². The van der Waals surface area contributed by atoms with Crippen molar-refractivity contribution >= 4 is 41.4 Å². The van der Waals surface area contributed by atoms with Crippen molar-refractivity contribution < 1.29 is 33.8 Å². The highest BCUT2D eigenvalue weighted by Gasteiger charge is 2.26. The second kappa shape index (κ2) is 21.1. The summed E-state index contributed by atoms with van der Waals surface area (Å²) in [6, 6.07) is 11.6. The van der Waals surface area contributed by atoms with Gasteiger partial charge < -0.3 is 36.8 Å². The van der Waals surface area contributed by atoms with Crippen molar-refractivity contribution in [3.63, 3.8) is 0 Å². The monoisotopic (exact) mass is 699 g/mol. The summed E-state index contributed by atoms with van der Waals surface area (Å²) >= 11 is 1.51. The van der Waals surface area contributed by atoms with Crippen molar-refractivity contribution in [1.82, 2.24) is 21.3 Å². The molecule has 0 fully saturated rings. The van der Waals surface area contributed by atoms with E-state index in [9.17, 15) is 29.1 Å². The zero-order valence-corrected chi connectivity index (χ0v) is 30.1. The number of aromatic hydroxyl groups is 1. The number of hydrogen-bond donors (Lipinski definition) is 6. The third kappa shape index (κ3) is 15.3. The Morgan fingerprint density at radius 1 is 0.857 bits per heavy atom. The number of hydrogen-bond acceptors (Lipinski definition) is 9. The van der Waals surface area contributed by atoms with Crippen molar-refractivity contribution in [3.05, 3.63) is 65.2 Å². The Morgan fingerprint density at radius 2 is 1.55 bits per heavy atom. The quantitative estimate of drug-likeness (QED) is 0.0892. The first kappa shape index (κ1) is 41.1. The molecule has 0 radical (unpaired) electrons. The van der Waals surface area contributed by atoms with Crippen LogP contribution < -0.4 is 27.0 Å². The number of carbonyl (C=O) groups is 5. The van der Waals surface area contributed by atoms with Gasteiger partial charge in [0.25, 0.3) is 0 Å². The van der Waals surface area contributed by atoms with Gasteiger partial charge in [-0.1, -0.05) is 69.7 Å². The summed E-state index contributed by atoms with van der Waals surface area (Å²) in [4.78, 5) is 63.6. The molecule has 2 aromatic rings. The predicted octanol–water partition coefficient (Wildman–Crippen LogP) is 2.49. The molecule has 2 rings (SSSR count). The van der Waals surface area contributed by atoms with E-state index in [1.807, 2.05) is 63.4 Å². The molecule has 0 aliphatic rings. The third-order valence-corrected chi connectivity index (χ3v) is 8.49. The molecule has 0 aliphatic carbocycles. The van der Waals surface area contributed by atoms with Crippen LogP contribution in [0, 0.1) is 0 Å². The molecule has 13 heteroatoms. The van der Waals surface area contributed by atoms with E-state index in [1.165, 1.54) is 18.9 Å². The number of unbranched alkanes of at least 4 members (excludes halogenated alkanes) is 2. The van der Waals surface area contributed by atoms with Crippen LogP contribution in [0.4, 0.5) is 0 Å². The number of ether oxygens (including phenoxy) is 1. The number of thioether (sulfide) groups is 1. The molecule has 0 aromatic heterocycles. The van der Waals surface area contributed by atoms with Crippen LogP contribution in [0.1, 0.15) is 69.6 Å². The number of carbonyl (C=O) groups excluding carboxylic acids is 5. The third-order valence-electron chi connectivity index (χ3n) is 7.85. The summed E-state index contributed by atoms with van der Waals surface area (Å²) in [5.41, 5.74) is 8.30. The van der Waals surface area contributed by atoms with Gasteiger partial charge in [-0.2, -0.15) is 11.8 Å². The van der Waals surface area contributed by atoms with Crippen LogP contribution in [-0.2, 0) is 47.0 Å². The van der Waals surface area contributed by atoms with Gasteiger partial charge in [0.05, 0.1) is 19.7 Å². The lowest BCUT2D eigenvalue weighted by atomic mass is 9.85. The number of benzene rings is 2. The van der Waals surface area contributed by atoms with E-state index < -0.39 is 42.4 Å². The van der Waals surface area contributed by atoms with Gasteiger partial charge in [0.2, 0.25) is 23.6 Å². The van der Waals surface area contributed by atoms with Gasteiger partial charge in [-0.25, -0.2) is 0 Å². The minimum atomic E-state index is -0.949. The summed E-state index contributed by atoms with van der Waals surface area (Å²) < 4.78 is 4.64. The Balaban J connectivity index is 1.98. The maximum absolute atomic E-state index is 13.2. The molecule has 3 atom stereocenters. The number of phenols is 1.